The van der Waals surface area contributed by atoms with E-state index in [-0.39, 0.29) is 28.4 Å². The smallest absolute Gasteiger partial charge is 0.335 e. The summed E-state index contributed by atoms with van der Waals surface area (Å²) in [5.74, 6) is -0.0569. The monoisotopic (exact) mass is 519 g/mol. The number of aliphatic hydroxyl groups is 4. The maximum atomic E-state index is 12.8. The van der Waals surface area contributed by atoms with Crippen molar-refractivity contribution in [3.05, 3.63) is 34.6 Å². The Morgan fingerprint density at radius 3 is 2.53 bits per heavy atom. The van der Waals surface area contributed by atoms with E-state index < -0.39 is 58.1 Å². The second-order valence-electron chi connectivity index (χ2n) is 7.19. The van der Waals surface area contributed by atoms with Crippen LogP contribution < -0.4 is 14.8 Å². The number of aromatic nitrogens is 3. The number of anilines is 1. The molecule has 0 bridgehead atoms. The first-order valence-electron chi connectivity index (χ1n) is 9.67. The van der Waals surface area contributed by atoms with E-state index >= 15 is 0 Å². The van der Waals surface area contributed by atoms with Crippen LogP contribution in [0.5, 0.6) is 6.01 Å². The van der Waals surface area contributed by atoms with E-state index in [1.807, 2.05) is 0 Å². The van der Waals surface area contributed by atoms with Crippen molar-refractivity contribution in [1.82, 2.24) is 19.7 Å². The zero-order valence-corrected chi connectivity index (χ0v) is 19.4. The van der Waals surface area contributed by atoms with Gasteiger partial charge in [-0.3, -0.25) is 5.32 Å². The molecule has 0 saturated carbocycles. The summed E-state index contributed by atoms with van der Waals surface area (Å²) in [4.78, 5) is 23.2. The summed E-state index contributed by atoms with van der Waals surface area (Å²) in [7, 11) is -3.25. The molecular weight excluding hydrogens is 498 g/mol. The number of amides is 2. The molecule has 16 heteroatoms. The van der Waals surface area contributed by atoms with Crippen molar-refractivity contribution in [1.29, 1.82) is 0 Å². The quantitative estimate of drug-likeness (QED) is 0.267. The Morgan fingerprint density at radius 1 is 1.18 bits per heavy atom. The maximum absolute atomic E-state index is 12.8. The number of aryl methyl sites for hydroxylation is 1. The number of aliphatic hydroxyl groups excluding tert-OH is 4. The highest BCUT2D eigenvalue weighted by molar-refractivity contribution is 7.90. The van der Waals surface area contributed by atoms with E-state index in [1.54, 1.807) is 4.72 Å². The molecule has 3 rings (SSSR count). The topological polar surface area (TPSA) is 213 Å². The lowest BCUT2D eigenvalue weighted by Gasteiger charge is -2.40. The Morgan fingerprint density at radius 2 is 1.88 bits per heavy atom. The van der Waals surface area contributed by atoms with Crippen LogP contribution >= 0.6 is 11.6 Å². The van der Waals surface area contributed by atoms with Crippen LogP contribution in [0.25, 0.3) is 0 Å². The molecule has 5 atom stereocenters. The molecule has 1 fully saturated rings. The van der Waals surface area contributed by atoms with Crippen LogP contribution in [0.4, 0.5) is 10.7 Å². The molecular formula is C18H22ClN5O9S. The molecule has 0 aliphatic carbocycles. The molecule has 1 aliphatic rings. The lowest BCUT2D eigenvalue weighted by molar-refractivity contribution is -0.231. The number of methoxy groups -OCH3 is 1. The Kier molecular flexibility index (Phi) is 7.87. The molecule has 0 radical (unpaired) electrons. The fraction of sp³-hybridized carbons (Fsp3) is 0.444. The molecule has 34 heavy (non-hydrogen) atoms. The molecule has 186 valence electrons. The highest BCUT2D eigenvalue weighted by Crippen LogP contribution is 2.35. The minimum absolute atomic E-state index is 0.0555. The SMILES string of the molecule is COc1nc(C)nc(NC(=O)NS(=O)(=O)c2cc([C@@H]3O[C@H](CO)[C@@H](O)[C@H](O)[C@H]3O)ccc2Cl)n1. The van der Waals surface area contributed by atoms with Crippen LogP contribution in [-0.4, -0.2) is 88.0 Å². The number of ether oxygens (including phenoxy) is 2. The molecule has 0 unspecified atom stereocenters. The van der Waals surface area contributed by atoms with Gasteiger partial charge < -0.3 is 29.9 Å². The van der Waals surface area contributed by atoms with Gasteiger partial charge in [0.2, 0.25) is 5.95 Å². The molecule has 2 amide bonds. The third kappa shape index (κ3) is 5.52. The number of nitrogens with one attached hydrogen (secondary N) is 2. The number of benzene rings is 1. The van der Waals surface area contributed by atoms with Crippen molar-refractivity contribution in [2.75, 3.05) is 19.0 Å². The molecule has 1 aromatic heterocycles. The summed E-state index contributed by atoms with van der Waals surface area (Å²) >= 11 is 6.03. The van der Waals surface area contributed by atoms with Crippen molar-refractivity contribution < 1.29 is 43.1 Å². The summed E-state index contributed by atoms with van der Waals surface area (Å²) in [6.07, 6.45) is -7.42. The number of nitrogens with zero attached hydrogens (tertiary/aromatic N) is 3. The van der Waals surface area contributed by atoms with Gasteiger partial charge in [-0.2, -0.15) is 15.0 Å². The van der Waals surface area contributed by atoms with Crippen molar-refractivity contribution in [2.24, 2.45) is 0 Å². The standard InChI is InChI=1S/C18H22ClN5O9S/c1-7-20-16(23-18(21-7)32-2)22-17(29)24-34(30,31)11-5-8(3-4-9(11)19)15-14(28)13(27)12(26)10(6-25)33-15/h3-5,10,12-15,25-28H,6H2,1-2H3,(H2,20,21,22,23,24,29)/t10-,12-,13+,14-,15+/m1/s1. The van der Waals surface area contributed by atoms with Gasteiger partial charge in [0.05, 0.1) is 18.7 Å². The normalized spacial score (nSPS) is 25.0. The number of urea groups is 1. The van der Waals surface area contributed by atoms with Gasteiger partial charge in [0.1, 0.15) is 41.2 Å². The Balaban J connectivity index is 1.84. The number of carbonyl (C=O) groups excluding carboxylic acids is 1. The van der Waals surface area contributed by atoms with Gasteiger partial charge in [0, 0.05) is 0 Å². The molecule has 14 nitrogen and oxygen atoms in total. The van der Waals surface area contributed by atoms with Gasteiger partial charge in [-0.05, 0) is 24.6 Å². The Hall–Kier alpha value is -2.66. The summed E-state index contributed by atoms with van der Waals surface area (Å²) < 4.78 is 37.7. The summed E-state index contributed by atoms with van der Waals surface area (Å²) in [5.41, 5.74) is 0.0555. The third-order valence-electron chi connectivity index (χ3n) is 4.83. The number of carbonyl (C=O) groups is 1. The third-order valence-corrected chi connectivity index (χ3v) is 6.64. The Bertz CT molecular complexity index is 1170. The average molecular weight is 520 g/mol. The van der Waals surface area contributed by atoms with Crippen LogP contribution in [0.15, 0.2) is 23.1 Å². The molecule has 1 saturated heterocycles. The fourth-order valence-corrected chi connectivity index (χ4v) is 4.63. The summed E-state index contributed by atoms with van der Waals surface area (Å²) in [6, 6.07) is 2.24. The number of halogens is 1. The van der Waals surface area contributed by atoms with Gasteiger partial charge in [-0.1, -0.05) is 17.7 Å². The maximum Gasteiger partial charge on any atom is 0.335 e. The average Bonchev–Trinajstić information content (AvgIpc) is 2.77. The van der Waals surface area contributed by atoms with E-state index in [4.69, 9.17) is 21.1 Å². The van der Waals surface area contributed by atoms with Crippen molar-refractivity contribution in [3.63, 3.8) is 0 Å². The molecule has 1 aliphatic heterocycles. The van der Waals surface area contributed by atoms with Crippen LogP contribution in [-0.2, 0) is 14.8 Å². The van der Waals surface area contributed by atoms with Crippen LogP contribution in [0.3, 0.4) is 0 Å². The van der Waals surface area contributed by atoms with Crippen LogP contribution in [0, 0.1) is 6.92 Å². The summed E-state index contributed by atoms with van der Waals surface area (Å²) in [5, 5.41) is 41.5. The van der Waals surface area contributed by atoms with E-state index in [0.29, 0.717) is 0 Å². The second kappa shape index (κ2) is 10.3. The first kappa shape index (κ1) is 26.0. The lowest BCUT2D eigenvalue weighted by Crippen LogP contribution is -2.55. The number of sulfonamides is 1. The molecule has 0 spiro atoms. The number of rotatable bonds is 6. The van der Waals surface area contributed by atoms with E-state index in [9.17, 15) is 33.6 Å². The zero-order valence-electron chi connectivity index (χ0n) is 17.8. The van der Waals surface area contributed by atoms with Crippen molar-refractivity contribution >= 4 is 33.6 Å². The zero-order chi connectivity index (χ0) is 25.2. The van der Waals surface area contributed by atoms with Crippen molar-refractivity contribution in [3.8, 4) is 6.01 Å². The molecule has 6 N–H and O–H groups in total. The highest BCUT2D eigenvalue weighted by Gasteiger charge is 2.44. The number of hydrogen-bond donors (Lipinski definition) is 6. The largest absolute Gasteiger partial charge is 0.467 e. The Labute approximate surface area is 198 Å². The first-order chi connectivity index (χ1) is 16.0. The number of hydrogen-bond acceptors (Lipinski definition) is 12. The molecule has 2 heterocycles. The minimum atomic E-state index is -4.55. The van der Waals surface area contributed by atoms with Crippen molar-refractivity contribution in [2.45, 2.75) is 42.3 Å². The van der Waals surface area contributed by atoms with Gasteiger partial charge in [-0.25, -0.2) is 17.9 Å². The summed E-state index contributed by atoms with van der Waals surface area (Å²) in [6.45, 7) is 0.845. The van der Waals surface area contributed by atoms with E-state index in [2.05, 4.69) is 20.3 Å². The van der Waals surface area contributed by atoms with Gasteiger partial charge >= 0.3 is 12.0 Å². The lowest BCUT2D eigenvalue weighted by atomic mass is 9.91. The molecule has 2 aromatic rings. The van der Waals surface area contributed by atoms with Gasteiger partial charge in [0.15, 0.2) is 0 Å². The second-order valence-corrected chi connectivity index (χ2v) is 9.25. The fourth-order valence-electron chi connectivity index (χ4n) is 3.19. The van der Waals surface area contributed by atoms with Crippen LogP contribution in [0.1, 0.15) is 17.5 Å². The van der Waals surface area contributed by atoms with Gasteiger partial charge in [-0.15, -0.1) is 0 Å². The van der Waals surface area contributed by atoms with E-state index in [0.717, 1.165) is 6.07 Å². The van der Waals surface area contributed by atoms with Gasteiger partial charge in [0.25, 0.3) is 10.0 Å². The predicted octanol–water partition coefficient (Wildman–Crippen LogP) is -1.13. The highest BCUT2D eigenvalue weighted by atomic mass is 35.5. The first-order valence-corrected chi connectivity index (χ1v) is 11.5. The van der Waals surface area contributed by atoms with E-state index in [1.165, 1.54) is 26.2 Å². The molecule has 1 aromatic carbocycles. The minimum Gasteiger partial charge on any atom is -0.467 e. The predicted molar refractivity (Wildman–Crippen MR) is 115 cm³/mol. The van der Waals surface area contributed by atoms with Crippen LogP contribution in [0.2, 0.25) is 5.02 Å².